The fourth-order valence-corrected chi connectivity index (χ4v) is 4.03. The predicted molar refractivity (Wildman–Crippen MR) is 90.8 cm³/mol. The summed E-state index contributed by atoms with van der Waals surface area (Å²) in [6, 6.07) is 11.2. The molecule has 0 spiro atoms. The van der Waals surface area contributed by atoms with Crippen molar-refractivity contribution in [1.29, 1.82) is 0 Å². The van der Waals surface area contributed by atoms with Gasteiger partial charge in [-0.1, -0.05) is 30.4 Å². The van der Waals surface area contributed by atoms with Crippen molar-refractivity contribution in [2.24, 2.45) is 5.92 Å². The average Bonchev–Trinajstić information content (AvgIpc) is 3.10. The van der Waals surface area contributed by atoms with E-state index in [-0.39, 0.29) is 17.9 Å². The van der Waals surface area contributed by atoms with Gasteiger partial charge in [0.15, 0.2) is 0 Å². The molecule has 1 heterocycles. The lowest BCUT2D eigenvalue weighted by atomic mass is 9.76. The van der Waals surface area contributed by atoms with E-state index in [1.165, 1.54) is 6.07 Å². The quantitative estimate of drug-likeness (QED) is 0.722. The van der Waals surface area contributed by atoms with Crippen molar-refractivity contribution in [3.05, 3.63) is 71.3 Å². The third-order valence-electron chi connectivity index (χ3n) is 5.17. The van der Waals surface area contributed by atoms with Crippen LogP contribution in [-0.4, -0.2) is 7.11 Å². The predicted octanol–water partition coefficient (Wildman–Crippen LogP) is 5.54. The summed E-state index contributed by atoms with van der Waals surface area (Å²) < 4.78 is 45.7. The molecule has 0 unspecified atom stereocenters. The highest BCUT2D eigenvalue weighted by molar-refractivity contribution is 5.62. The second-order valence-electron chi connectivity index (χ2n) is 6.51. The van der Waals surface area contributed by atoms with Crippen molar-refractivity contribution in [2.45, 2.75) is 24.6 Å². The number of fused-ring (bicyclic) bond motifs is 3. The Labute approximate surface area is 144 Å². The first kappa shape index (κ1) is 16.1. The van der Waals surface area contributed by atoms with Gasteiger partial charge in [0.1, 0.15) is 5.75 Å². The molecule has 1 aliphatic carbocycles. The molecule has 25 heavy (non-hydrogen) atoms. The second kappa shape index (κ2) is 5.83. The number of nitrogens with one attached hydrogen (secondary N) is 1. The molecular weight excluding hydrogens is 327 g/mol. The van der Waals surface area contributed by atoms with Crippen molar-refractivity contribution in [2.75, 3.05) is 12.4 Å². The lowest BCUT2D eigenvalue weighted by molar-refractivity contribution is -0.138. The van der Waals surface area contributed by atoms with Crippen LogP contribution < -0.4 is 10.1 Å². The van der Waals surface area contributed by atoms with E-state index in [9.17, 15) is 13.2 Å². The Bertz CT molecular complexity index is 828. The van der Waals surface area contributed by atoms with Gasteiger partial charge < -0.3 is 10.1 Å². The maximum atomic E-state index is 13.5. The van der Waals surface area contributed by atoms with E-state index in [0.29, 0.717) is 5.56 Å². The van der Waals surface area contributed by atoms with Gasteiger partial charge in [-0.3, -0.25) is 0 Å². The second-order valence-corrected chi connectivity index (χ2v) is 6.51. The minimum atomic E-state index is -4.36. The monoisotopic (exact) mass is 345 g/mol. The minimum Gasteiger partial charge on any atom is -0.497 e. The summed E-state index contributed by atoms with van der Waals surface area (Å²) in [7, 11) is 1.61. The molecule has 0 radical (unpaired) electrons. The van der Waals surface area contributed by atoms with Crippen molar-refractivity contribution in [1.82, 2.24) is 0 Å². The molecule has 1 aliphatic heterocycles. The van der Waals surface area contributed by atoms with Crippen LogP contribution in [0.15, 0.2) is 54.6 Å². The lowest BCUT2D eigenvalue weighted by Crippen LogP contribution is -2.30. The molecule has 1 N–H and O–H groups in total. The molecule has 0 saturated heterocycles. The number of hydrogen-bond acceptors (Lipinski definition) is 2. The van der Waals surface area contributed by atoms with Crippen molar-refractivity contribution in [3.8, 4) is 5.75 Å². The molecule has 4 rings (SSSR count). The standard InChI is InChI=1S/C20H18F3NO/c1-25-12-9-10-18-16(11-12)13-6-4-7-14(13)19(24-18)15-5-2-3-8-17(15)20(21,22)23/h2-6,8-11,13-14,19,24H,7H2,1H3/t13-,14+,19-/m1/s1. The zero-order valence-electron chi connectivity index (χ0n) is 13.7. The fraction of sp³-hybridized carbons (Fsp3) is 0.300. The molecule has 0 fully saturated rings. The van der Waals surface area contributed by atoms with Crippen molar-refractivity contribution in [3.63, 3.8) is 0 Å². The number of benzene rings is 2. The van der Waals surface area contributed by atoms with Crippen LogP contribution in [0.25, 0.3) is 0 Å². The largest absolute Gasteiger partial charge is 0.497 e. The van der Waals surface area contributed by atoms with Crippen molar-refractivity contribution >= 4 is 5.69 Å². The van der Waals surface area contributed by atoms with Crippen LogP contribution in [-0.2, 0) is 6.18 Å². The summed E-state index contributed by atoms with van der Waals surface area (Å²) in [4.78, 5) is 0. The van der Waals surface area contributed by atoms with Gasteiger partial charge in [-0.2, -0.15) is 13.2 Å². The third kappa shape index (κ3) is 2.68. The van der Waals surface area contributed by atoms with Crippen molar-refractivity contribution < 1.29 is 17.9 Å². The maximum Gasteiger partial charge on any atom is 0.416 e. The first-order valence-electron chi connectivity index (χ1n) is 8.26. The number of methoxy groups -OCH3 is 1. The topological polar surface area (TPSA) is 21.3 Å². The average molecular weight is 345 g/mol. The molecule has 2 nitrogen and oxygen atoms in total. The summed E-state index contributed by atoms with van der Waals surface area (Å²) in [5.41, 5.74) is 1.71. The summed E-state index contributed by atoms with van der Waals surface area (Å²) in [5, 5.41) is 3.35. The summed E-state index contributed by atoms with van der Waals surface area (Å²) in [5.74, 6) is 0.912. The smallest absolute Gasteiger partial charge is 0.416 e. The van der Waals surface area contributed by atoms with E-state index in [2.05, 4.69) is 17.5 Å². The molecule has 2 aliphatic rings. The molecule has 5 heteroatoms. The number of halogens is 3. The first-order valence-corrected chi connectivity index (χ1v) is 8.26. The molecule has 0 amide bonds. The molecule has 130 valence electrons. The Morgan fingerprint density at radius 3 is 2.64 bits per heavy atom. The van der Waals surface area contributed by atoms with Gasteiger partial charge in [0.05, 0.1) is 18.7 Å². The Morgan fingerprint density at radius 2 is 1.88 bits per heavy atom. The maximum absolute atomic E-state index is 13.5. The van der Waals surface area contributed by atoms with Gasteiger partial charge in [-0.15, -0.1) is 0 Å². The molecule has 3 atom stereocenters. The van der Waals surface area contributed by atoms with Crippen LogP contribution in [0, 0.1) is 5.92 Å². The Kier molecular flexibility index (Phi) is 3.74. The number of rotatable bonds is 2. The van der Waals surface area contributed by atoms with Crippen LogP contribution in [0.1, 0.15) is 35.1 Å². The van der Waals surface area contributed by atoms with E-state index in [0.717, 1.165) is 29.5 Å². The molecule has 2 aromatic carbocycles. The minimum absolute atomic E-state index is 0.0584. The molecule has 2 aromatic rings. The number of hydrogen-bond donors (Lipinski definition) is 1. The number of allylic oxidation sites excluding steroid dienone is 2. The molecule has 0 aromatic heterocycles. The summed E-state index contributed by atoms with van der Waals surface area (Å²) >= 11 is 0. The van der Waals surface area contributed by atoms with Crippen LogP contribution >= 0.6 is 0 Å². The van der Waals surface area contributed by atoms with Gasteiger partial charge in [0.25, 0.3) is 0 Å². The normalized spacial score (nSPS) is 24.4. The Hall–Kier alpha value is -2.43. The van der Waals surface area contributed by atoms with E-state index in [1.54, 1.807) is 19.2 Å². The van der Waals surface area contributed by atoms with Gasteiger partial charge in [0.2, 0.25) is 0 Å². The summed E-state index contributed by atoms with van der Waals surface area (Å²) in [6.07, 6.45) is 0.562. The fourth-order valence-electron chi connectivity index (χ4n) is 4.03. The first-order chi connectivity index (χ1) is 12.0. The van der Waals surface area contributed by atoms with Gasteiger partial charge >= 0.3 is 6.18 Å². The van der Waals surface area contributed by atoms with Gasteiger partial charge in [-0.25, -0.2) is 0 Å². The zero-order chi connectivity index (χ0) is 17.6. The Balaban J connectivity index is 1.81. The highest BCUT2D eigenvalue weighted by atomic mass is 19.4. The van der Waals surface area contributed by atoms with E-state index in [4.69, 9.17) is 4.74 Å². The SMILES string of the molecule is COc1ccc2c(c1)[C@@H]1C=CC[C@@H]1[C@H](c1ccccc1C(F)(F)F)N2. The van der Waals surface area contributed by atoms with E-state index < -0.39 is 11.7 Å². The third-order valence-corrected chi connectivity index (χ3v) is 5.17. The van der Waals surface area contributed by atoms with Crippen LogP contribution in [0.2, 0.25) is 0 Å². The van der Waals surface area contributed by atoms with Gasteiger partial charge in [-0.05, 0) is 47.7 Å². The van der Waals surface area contributed by atoms with E-state index in [1.807, 2.05) is 18.2 Å². The lowest BCUT2D eigenvalue weighted by Gasteiger charge is -2.38. The number of anilines is 1. The zero-order valence-corrected chi connectivity index (χ0v) is 13.7. The van der Waals surface area contributed by atoms with E-state index >= 15 is 0 Å². The van der Waals surface area contributed by atoms with Crippen LogP contribution in [0.5, 0.6) is 5.75 Å². The molecular formula is C20H18F3NO. The summed E-state index contributed by atoms with van der Waals surface area (Å²) in [6.45, 7) is 0. The Morgan fingerprint density at radius 1 is 1.08 bits per heavy atom. The molecule has 0 bridgehead atoms. The molecule has 0 saturated carbocycles. The highest BCUT2D eigenvalue weighted by Crippen LogP contribution is 2.52. The van der Waals surface area contributed by atoms with Gasteiger partial charge in [0, 0.05) is 11.6 Å². The number of alkyl halides is 3. The highest BCUT2D eigenvalue weighted by Gasteiger charge is 2.42. The number of ether oxygens (including phenoxy) is 1. The van der Waals surface area contributed by atoms with Crippen LogP contribution in [0.4, 0.5) is 18.9 Å². The van der Waals surface area contributed by atoms with Crippen LogP contribution in [0.3, 0.4) is 0 Å².